The van der Waals surface area contributed by atoms with E-state index in [0.29, 0.717) is 30.1 Å². The average molecular weight is 458 g/mol. The van der Waals surface area contributed by atoms with Crippen LogP contribution in [0.5, 0.6) is 0 Å². The fourth-order valence-electron chi connectivity index (χ4n) is 4.78. The Hall–Kier alpha value is -3.81. The van der Waals surface area contributed by atoms with Crippen molar-refractivity contribution in [1.82, 2.24) is 25.0 Å². The molecule has 1 aliphatic carbocycles. The molecule has 8 nitrogen and oxygen atoms in total. The molecule has 0 spiro atoms. The number of benzene rings is 1. The van der Waals surface area contributed by atoms with Crippen LogP contribution in [0.4, 0.5) is 0 Å². The Morgan fingerprint density at radius 1 is 1.00 bits per heavy atom. The zero-order valence-corrected chi connectivity index (χ0v) is 18.9. The molecule has 3 aromatic rings. The summed E-state index contributed by atoms with van der Waals surface area (Å²) in [6, 6.07) is 15.0. The highest BCUT2D eigenvalue weighted by molar-refractivity contribution is 6.21. The van der Waals surface area contributed by atoms with E-state index in [1.165, 1.54) is 17.7 Å². The number of fused-ring (bicyclic) bond motifs is 1. The van der Waals surface area contributed by atoms with Crippen molar-refractivity contribution in [3.05, 3.63) is 71.5 Å². The maximum absolute atomic E-state index is 12.4. The molecule has 3 heterocycles. The van der Waals surface area contributed by atoms with Crippen molar-refractivity contribution in [3.63, 3.8) is 0 Å². The molecule has 0 saturated heterocycles. The van der Waals surface area contributed by atoms with E-state index in [0.717, 1.165) is 29.9 Å². The number of hydrogen-bond acceptors (Lipinski definition) is 5. The van der Waals surface area contributed by atoms with Gasteiger partial charge < -0.3 is 5.32 Å². The Labute approximate surface area is 198 Å². The van der Waals surface area contributed by atoms with Crippen molar-refractivity contribution in [2.24, 2.45) is 0 Å². The van der Waals surface area contributed by atoms with E-state index in [-0.39, 0.29) is 30.7 Å². The lowest BCUT2D eigenvalue weighted by molar-refractivity contribution is -0.121. The summed E-state index contributed by atoms with van der Waals surface area (Å²) >= 11 is 0. The molecule has 5 rings (SSSR count). The quantitative estimate of drug-likeness (QED) is 0.520. The number of rotatable bonds is 8. The van der Waals surface area contributed by atoms with Gasteiger partial charge in [0.25, 0.3) is 11.8 Å². The van der Waals surface area contributed by atoms with Crippen molar-refractivity contribution in [3.8, 4) is 11.4 Å². The standard InChI is InChI=1S/C26H27N5O3/c32-24(13-7-15-30-25(33)20-10-3-4-11-21(20)26(30)34)28-17-18-16-23(22-12-5-6-14-27-22)31(29-18)19-8-1-2-9-19/h3-6,10-12,14,16,19H,1-2,7-9,13,15,17H2,(H,28,32). The third-order valence-corrected chi connectivity index (χ3v) is 6.51. The van der Waals surface area contributed by atoms with Gasteiger partial charge in [0.15, 0.2) is 0 Å². The molecule has 3 amide bonds. The van der Waals surface area contributed by atoms with Gasteiger partial charge in [-0.25, -0.2) is 0 Å². The molecule has 1 fully saturated rings. The highest BCUT2D eigenvalue weighted by Gasteiger charge is 2.34. The summed E-state index contributed by atoms with van der Waals surface area (Å²) in [7, 11) is 0. The van der Waals surface area contributed by atoms with Crippen LogP contribution in [0.15, 0.2) is 54.7 Å². The minimum Gasteiger partial charge on any atom is -0.350 e. The van der Waals surface area contributed by atoms with Crippen molar-refractivity contribution in [2.45, 2.75) is 51.1 Å². The third kappa shape index (κ3) is 4.35. The lowest BCUT2D eigenvalue weighted by Crippen LogP contribution is -2.32. The van der Waals surface area contributed by atoms with Gasteiger partial charge in [-0.1, -0.05) is 31.0 Å². The van der Waals surface area contributed by atoms with Gasteiger partial charge in [-0.3, -0.25) is 28.9 Å². The van der Waals surface area contributed by atoms with E-state index in [9.17, 15) is 14.4 Å². The topological polar surface area (TPSA) is 97.2 Å². The Morgan fingerprint density at radius 2 is 1.71 bits per heavy atom. The Balaban J connectivity index is 1.17. The van der Waals surface area contributed by atoms with Gasteiger partial charge >= 0.3 is 0 Å². The molecule has 1 saturated carbocycles. The summed E-state index contributed by atoms with van der Waals surface area (Å²) in [5.41, 5.74) is 3.50. The molecule has 174 valence electrons. The summed E-state index contributed by atoms with van der Waals surface area (Å²) < 4.78 is 2.07. The van der Waals surface area contributed by atoms with Crippen LogP contribution in [-0.4, -0.2) is 43.9 Å². The number of carbonyl (C=O) groups is 3. The molecule has 1 aliphatic heterocycles. The molecule has 34 heavy (non-hydrogen) atoms. The normalized spacial score (nSPS) is 15.7. The first kappa shape index (κ1) is 22.0. The van der Waals surface area contributed by atoms with Crippen LogP contribution in [0.1, 0.15) is 71.0 Å². The minimum atomic E-state index is -0.291. The summed E-state index contributed by atoms with van der Waals surface area (Å²) in [6.45, 7) is 0.547. The monoisotopic (exact) mass is 457 g/mol. The number of hydrogen-bond donors (Lipinski definition) is 1. The van der Waals surface area contributed by atoms with Crippen molar-refractivity contribution in [2.75, 3.05) is 6.54 Å². The van der Waals surface area contributed by atoms with Crippen molar-refractivity contribution >= 4 is 17.7 Å². The van der Waals surface area contributed by atoms with E-state index in [1.807, 2.05) is 24.3 Å². The van der Waals surface area contributed by atoms with E-state index in [1.54, 1.807) is 30.5 Å². The van der Waals surface area contributed by atoms with Crippen LogP contribution in [0.2, 0.25) is 0 Å². The van der Waals surface area contributed by atoms with Gasteiger partial charge in [-0.05, 0) is 49.6 Å². The van der Waals surface area contributed by atoms with Crippen LogP contribution in [0.3, 0.4) is 0 Å². The lowest BCUT2D eigenvalue weighted by atomic mass is 10.1. The molecule has 1 N–H and O–H groups in total. The first-order chi connectivity index (χ1) is 16.6. The maximum Gasteiger partial charge on any atom is 0.261 e. The zero-order chi connectivity index (χ0) is 23.5. The molecule has 0 atom stereocenters. The van der Waals surface area contributed by atoms with E-state index in [4.69, 9.17) is 5.10 Å². The fraction of sp³-hybridized carbons (Fsp3) is 0.346. The number of amides is 3. The Morgan fingerprint density at radius 3 is 2.38 bits per heavy atom. The molecular weight excluding hydrogens is 430 g/mol. The molecule has 8 heteroatoms. The Kier molecular flexibility index (Phi) is 6.20. The van der Waals surface area contributed by atoms with Crippen LogP contribution in [0.25, 0.3) is 11.4 Å². The van der Waals surface area contributed by atoms with Crippen molar-refractivity contribution in [1.29, 1.82) is 0 Å². The summed E-state index contributed by atoms with van der Waals surface area (Å²) in [5.74, 6) is -0.715. The zero-order valence-electron chi connectivity index (χ0n) is 18.9. The fourth-order valence-corrected chi connectivity index (χ4v) is 4.78. The second-order valence-electron chi connectivity index (χ2n) is 8.81. The SMILES string of the molecule is O=C(CCCN1C(=O)c2ccccc2C1=O)NCc1cc(-c2ccccn2)n(C2CCCC2)n1. The Bertz CT molecular complexity index is 1180. The predicted octanol–water partition coefficient (Wildman–Crippen LogP) is 3.75. The first-order valence-electron chi connectivity index (χ1n) is 11.8. The van der Waals surface area contributed by atoms with Crippen LogP contribution >= 0.6 is 0 Å². The van der Waals surface area contributed by atoms with Gasteiger partial charge in [0.2, 0.25) is 5.91 Å². The second kappa shape index (κ2) is 9.59. The number of carbonyl (C=O) groups excluding carboxylic acids is 3. The number of pyridine rings is 1. The molecular formula is C26H27N5O3. The number of imide groups is 1. The van der Waals surface area contributed by atoms with E-state index < -0.39 is 0 Å². The first-order valence-corrected chi connectivity index (χ1v) is 11.8. The summed E-state index contributed by atoms with van der Waals surface area (Å²) in [6.07, 6.45) is 7.01. The number of nitrogens with zero attached hydrogens (tertiary/aromatic N) is 4. The lowest BCUT2D eigenvalue weighted by Gasteiger charge is -2.14. The molecule has 0 unspecified atom stereocenters. The van der Waals surface area contributed by atoms with Crippen LogP contribution in [0, 0.1) is 0 Å². The highest BCUT2D eigenvalue weighted by atomic mass is 16.2. The molecule has 0 radical (unpaired) electrons. The van der Waals surface area contributed by atoms with Crippen molar-refractivity contribution < 1.29 is 14.4 Å². The van der Waals surface area contributed by atoms with Gasteiger partial charge in [0.1, 0.15) is 0 Å². The largest absolute Gasteiger partial charge is 0.350 e. The van der Waals surface area contributed by atoms with Gasteiger partial charge in [0, 0.05) is 19.2 Å². The minimum absolute atomic E-state index is 0.133. The van der Waals surface area contributed by atoms with E-state index in [2.05, 4.69) is 15.0 Å². The van der Waals surface area contributed by atoms with Gasteiger partial charge in [-0.15, -0.1) is 0 Å². The van der Waals surface area contributed by atoms with E-state index >= 15 is 0 Å². The van der Waals surface area contributed by atoms with Crippen LogP contribution in [-0.2, 0) is 11.3 Å². The van der Waals surface area contributed by atoms with Gasteiger partial charge in [0.05, 0.1) is 40.8 Å². The number of aromatic nitrogens is 3. The van der Waals surface area contributed by atoms with Gasteiger partial charge in [-0.2, -0.15) is 5.10 Å². The molecule has 2 aromatic heterocycles. The molecule has 1 aromatic carbocycles. The third-order valence-electron chi connectivity index (χ3n) is 6.51. The van der Waals surface area contributed by atoms with Crippen LogP contribution < -0.4 is 5.32 Å². The highest BCUT2D eigenvalue weighted by Crippen LogP contribution is 2.33. The predicted molar refractivity (Wildman–Crippen MR) is 126 cm³/mol. The summed E-state index contributed by atoms with van der Waals surface area (Å²) in [5, 5.41) is 7.71. The maximum atomic E-state index is 12.4. The average Bonchev–Trinajstić information content (AvgIpc) is 3.59. The smallest absolute Gasteiger partial charge is 0.261 e. The number of nitrogens with one attached hydrogen (secondary N) is 1. The summed E-state index contributed by atoms with van der Waals surface area (Å²) in [4.78, 5) is 43.0. The molecule has 0 bridgehead atoms. The second-order valence-corrected chi connectivity index (χ2v) is 8.81. The molecule has 2 aliphatic rings.